The Hall–Kier alpha value is 0. The third-order valence-electron chi connectivity index (χ3n) is 4.81. The summed E-state index contributed by atoms with van der Waals surface area (Å²) in [6.45, 7) is 7.46. The van der Waals surface area contributed by atoms with Crippen LogP contribution in [0.2, 0.25) is 0 Å². The number of rotatable bonds is 0. The second-order valence-corrected chi connectivity index (χ2v) is 5.29. The Balaban J connectivity index is 2.10. The van der Waals surface area contributed by atoms with Crippen LogP contribution in [-0.4, -0.2) is 0 Å². The summed E-state index contributed by atoms with van der Waals surface area (Å²) in [6, 6.07) is 0. The van der Waals surface area contributed by atoms with Gasteiger partial charge in [0.1, 0.15) is 0 Å². The summed E-state index contributed by atoms with van der Waals surface area (Å²) in [6.07, 6.45) is 1.57. The fourth-order valence-corrected chi connectivity index (χ4v) is 4.47. The van der Waals surface area contributed by atoms with Gasteiger partial charge in [-0.25, -0.2) is 0 Å². The molecule has 0 spiro atoms. The lowest BCUT2D eigenvalue weighted by Crippen LogP contribution is -2.18. The lowest BCUT2D eigenvalue weighted by atomic mass is 9.80. The minimum absolute atomic E-state index is 0.731. The molecule has 5 atom stereocenters. The Morgan fingerprint density at radius 3 is 2.10 bits per heavy atom. The van der Waals surface area contributed by atoms with Gasteiger partial charge in [0, 0.05) is 0 Å². The van der Waals surface area contributed by atoms with Crippen molar-refractivity contribution < 1.29 is 0 Å². The van der Waals surface area contributed by atoms with Crippen LogP contribution >= 0.6 is 0 Å². The topological polar surface area (TPSA) is 0 Å². The van der Waals surface area contributed by atoms with Crippen molar-refractivity contribution in [3.05, 3.63) is 0 Å². The molecule has 5 unspecified atom stereocenters. The highest BCUT2D eigenvalue weighted by Gasteiger charge is 2.74. The molecule has 0 heterocycles. The molecule has 0 saturated heterocycles. The second kappa shape index (κ2) is 1.19. The van der Waals surface area contributed by atoms with E-state index in [9.17, 15) is 0 Å². The van der Waals surface area contributed by atoms with Crippen molar-refractivity contribution in [1.29, 1.82) is 0 Å². The van der Waals surface area contributed by atoms with Gasteiger partial charge >= 0.3 is 0 Å². The van der Waals surface area contributed by atoms with Crippen LogP contribution in [0.4, 0.5) is 0 Å². The Labute approximate surface area is 63.0 Å². The summed E-state index contributed by atoms with van der Waals surface area (Å²) < 4.78 is 0. The summed E-state index contributed by atoms with van der Waals surface area (Å²) >= 11 is 0. The van der Waals surface area contributed by atoms with Gasteiger partial charge in [0.15, 0.2) is 0 Å². The molecular formula is C10H16. The molecule has 4 saturated carbocycles. The molecule has 4 aliphatic carbocycles. The van der Waals surface area contributed by atoms with E-state index in [4.69, 9.17) is 0 Å². The summed E-state index contributed by atoms with van der Waals surface area (Å²) in [7, 11) is 0. The largest absolute Gasteiger partial charge is 0.0619 e. The van der Waals surface area contributed by atoms with E-state index in [2.05, 4.69) is 20.8 Å². The van der Waals surface area contributed by atoms with Crippen molar-refractivity contribution in [2.24, 2.45) is 35.0 Å². The van der Waals surface area contributed by atoms with E-state index in [0.717, 1.165) is 23.2 Å². The third-order valence-corrected chi connectivity index (χ3v) is 4.81. The third kappa shape index (κ3) is 0.339. The minimum atomic E-state index is 0.731. The molecule has 4 rings (SSSR count). The summed E-state index contributed by atoms with van der Waals surface area (Å²) in [4.78, 5) is 0. The first-order valence-corrected chi connectivity index (χ1v) is 4.64. The van der Waals surface area contributed by atoms with E-state index in [1.54, 1.807) is 6.42 Å². The molecule has 4 aliphatic rings. The van der Waals surface area contributed by atoms with Gasteiger partial charge in [-0.3, -0.25) is 0 Å². The van der Waals surface area contributed by atoms with Crippen molar-refractivity contribution in [2.75, 3.05) is 0 Å². The van der Waals surface area contributed by atoms with Crippen LogP contribution in [0, 0.1) is 35.0 Å². The van der Waals surface area contributed by atoms with Gasteiger partial charge in [0.2, 0.25) is 0 Å². The highest BCUT2D eigenvalue weighted by molar-refractivity contribution is 5.22. The van der Waals surface area contributed by atoms with Crippen LogP contribution < -0.4 is 0 Å². The van der Waals surface area contributed by atoms with Crippen LogP contribution in [0.1, 0.15) is 27.2 Å². The van der Waals surface area contributed by atoms with Crippen molar-refractivity contribution >= 4 is 0 Å². The molecule has 0 amide bonds. The molecule has 4 bridgehead atoms. The molecule has 0 aromatic rings. The molecule has 0 N–H and O–H groups in total. The Morgan fingerprint density at radius 1 is 1.30 bits per heavy atom. The molecule has 0 radical (unpaired) electrons. The second-order valence-electron chi connectivity index (χ2n) is 5.29. The fourth-order valence-electron chi connectivity index (χ4n) is 4.47. The van der Waals surface area contributed by atoms with Crippen molar-refractivity contribution in [3.8, 4) is 0 Å². The Kier molecular flexibility index (Phi) is 0.669. The first-order chi connectivity index (χ1) is 4.64. The lowest BCUT2D eigenvalue weighted by molar-refractivity contribution is 0.240. The first kappa shape index (κ1) is 5.62. The molecule has 0 nitrogen and oxygen atoms in total. The SMILES string of the molecule is CC1C2C3CC1C(C)(C)C32. The van der Waals surface area contributed by atoms with E-state index < -0.39 is 0 Å². The lowest BCUT2D eigenvalue weighted by Gasteiger charge is -2.24. The molecule has 0 aliphatic heterocycles. The molecule has 0 aromatic carbocycles. The number of hydrogen-bond acceptors (Lipinski definition) is 0. The average molecular weight is 136 g/mol. The van der Waals surface area contributed by atoms with Crippen LogP contribution in [0.5, 0.6) is 0 Å². The fraction of sp³-hybridized carbons (Fsp3) is 1.00. The standard InChI is InChI=1S/C10H16/c1-5-7-4-6-8(5)9(6)10(7,2)3/h5-9H,4H2,1-3H3. The molecule has 0 heteroatoms. The average Bonchev–Trinajstić information content (AvgIpc) is 2.31. The van der Waals surface area contributed by atoms with Gasteiger partial charge in [-0.2, -0.15) is 0 Å². The zero-order chi connectivity index (χ0) is 7.09. The van der Waals surface area contributed by atoms with Gasteiger partial charge in [-0.1, -0.05) is 20.8 Å². The maximum atomic E-state index is 2.49. The van der Waals surface area contributed by atoms with Gasteiger partial charge in [0.25, 0.3) is 0 Å². The smallest absolute Gasteiger partial charge is 0.0289 e. The number of hydrogen-bond donors (Lipinski definition) is 0. The zero-order valence-electron chi connectivity index (χ0n) is 7.09. The molecule has 4 fully saturated rings. The van der Waals surface area contributed by atoms with Gasteiger partial charge < -0.3 is 0 Å². The Bertz CT molecular complexity index is 192. The van der Waals surface area contributed by atoms with Crippen molar-refractivity contribution in [1.82, 2.24) is 0 Å². The predicted molar refractivity (Wildman–Crippen MR) is 41.5 cm³/mol. The molecule has 56 valence electrons. The zero-order valence-corrected chi connectivity index (χ0v) is 7.09. The van der Waals surface area contributed by atoms with Crippen LogP contribution in [0.25, 0.3) is 0 Å². The summed E-state index contributed by atoms with van der Waals surface area (Å²) in [5.41, 5.74) is 0.731. The highest BCUT2D eigenvalue weighted by atomic mass is 14.8. The molecule has 0 aromatic heterocycles. The molecule has 10 heavy (non-hydrogen) atoms. The maximum Gasteiger partial charge on any atom is -0.0289 e. The summed E-state index contributed by atoms with van der Waals surface area (Å²) in [5.74, 6) is 5.65. The quantitative estimate of drug-likeness (QED) is 0.480. The van der Waals surface area contributed by atoms with Crippen LogP contribution in [-0.2, 0) is 0 Å². The Morgan fingerprint density at radius 2 is 2.00 bits per heavy atom. The maximum absolute atomic E-state index is 2.49. The van der Waals surface area contributed by atoms with Gasteiger partial charge in [-0.15, -0.1) is 0 Å². The predicted octanol–water partition coefficient (Wildman–Crippen LogP) is 2.54. The molecular weight excluding hydrogens is 120 g/mol. The van der Waals surface area contributed by atoms with E-state index in [1.165, 1.54) is 11.8 Å². The van der Waals surface area contributed by atoms with E-state index in [0.29, 0.717) is 0 Å². The van der Waals surface area contributed by atoms with Crippen LogP contribution in [0.3, 0.4) is 0 Å². The van der Waals surface area contributed by atoms with Crippen LogP contribution in [0.15, 0.2) is 0 Å². The van der Waals surface area contributed by atoms with Gasteiger partial charge in [-0.05, 0) is 41.4 Å². The normalized spacial score (nSPS) is 66.9. The van der Waals surface area contributed by atoms with E-state index in [-0.39, 0.29) is 0 Å². The van der Waals surface area contributed by atoms with Gasteiger partial charge in [0.05, 0.1) is 0 Å². The van der Waals surface area contributed by atoms with E-state index in [1.807, 2.05) is 0 Å². The van der Waals surface area contributed by atoms with Crippen molar-refractivity contribution in [2.45, 2.75) is 27.2 Å². The monoisotopic (exact) mass is 136 g/mol. The minimum Gasteiger partial charge on any atom is -0.0619 e. The van der Waals surface area contributed by atoms with Crippen molar-refractivity contribution in [3.63, 3.8) is 0 Å². The first-order valence-electron chi connectivity index (χ1n) is 4.64. The van der Waals surface area contributed by atoms with E-state index >= 15 is 0 Å². The summed E-state index contributed by atoms with van der Waals surface area (Å²) in [5, 5.41) is 0. The highest BCUT2D eigenvalue weighted by Crippen LogP contribution is 2.80.